The Hall–Kier alpha value is -1.68. The highest BCUT2D eigenvalue weighted by Crippen LogP contribution is 2.28. The topological polar surface area (TPSA) is 72.3 Å². The lowest BCUT2D eigenvalue weighted by molar-refractivity contribution is 0.0150. The molecule has 0 unspecified atom stereocenters. The second-order valence-electron chi connectivity index (χ2n) is 4.08. The Bertz CT molecular complexity index is 468. The highest BCUT2D eigenvalue weighted by Gasteiger charge is 2.32. The zero-order valence-corrected chi connectivity index (χ0v) is 9.45. The van der Waals surface area contributed by atoms with Crippen molar-refractivity contribution in [1.29, 1.82) is 0 Å². The van der Waals surface area contributed by atoms with Gasteiger partial charge in [0.25, 0.3) is 0 Å². The van der Waals surface area contributed by atoms with Crippen molar-refractivity contribution in [3.8, 4) is 0 Å². The van der Waals surface area contributed by atoms with Crippen molar-refractivity contribution in [1.82, 2.24) is 0 Å². The lowest BCUT2D eigenvalue weighted by Gasteiger charge is -2.30. The fourth-order valence-corrected chi connectivity index (χ4v) is 1.80. The quantitative estimate of drug-likeness (QED) is 0.697. The molecule has 0 amide bonds. The molecule has 17 heavy (non-hydrogen) atoms. The second-order valence-corrected chi connectivity index (χ2v) is 4.08. The maximum atomic E-state index is 10.4. The first-order valence-corrected chi connectivity index (χ1v) is 5.49. The number of rotatable bonds is 3. The van der Waals surface area contributed by atoms with Gasteiger partial charge in [0.05, 0.1) is 6.04 Å². The van der Waals surface area contributed by atoms with Crippen molar-refractivity contribution in [2.24, 2.45) is 11.5 Å². The summed E-state index contributed by atoms with van der Waals surface area (Å²) in [7, 11) is 0. The number of hydrogen-bond donors (Lipinski definition) is 3. The summed E-state index contributed by atoms with van der Waals surface area (Å²) < 4.78 is 0. The molecular formula is C14H16N2O. The Morgan fingerprint density at radius 2 is 1.35 bits per heavy atom. The molecule has 2 aromatic rings. The van der Waals surface area contributed by atoms with Gasteiger partial charge in [0, 0.05) is 5.56 Å². The van der Waals surface area contributed by atoms with Crippen LogP contribution in [0.25, 0.3) is 0 Å². The zero-order chi connectivity index (χ0) is 12.3. The molecule has 3 heteroatoms. The van der Waals surface area contributed by atoms with Gasteiger partial charge in [-0.2, -0.15) is 0 Å². The van der Waals surface area contributed by atoms with Crippen LogP contribution in [-0.2, 0) is 5.72 Å². The van der Waals surface area contributed by atoms with E-state index in [2.05, 4.69) is 0 Å². The van der Waals surface area contributed by atoms with Crippen LogP contribution in [0.5, 0.6) is 0 Å². The molecule has 0 aliphatic carbocycles. The molecule has 0 radical (unpaired) electrons. The molecule has 0 fully saturated rings. The van der Waals surface area contributed by atoms with E-state index in [0.717, 1.165) is 5.56 Å². The third kappa shape index (κ3) is 2.36. The van der Waals surface area contributed by atoms with Crippen LogP contribution < -0.4 is 11.5 Å². The van der Waals surface area contributed by atoms with Crippen LogP contribution in [0.1, 0.15) is 17.2 Å². The summed E-state index contributed by atoms with van der Waals surface area (Å²) >= 11 is 0. The summed E-state index contributed by atoms with van der Waals surface area (Å²) in [6, 6.07) is 17.7. The summed E-state index contributed by atoms with van der Waals surface area (Å²) in [6.07, 6.45) is 0. The van der Waals surface area contributed by atoms with Crippen LogP contribution in [0.15, 0.2) is 60.7 Å². The summed E-state index contributed by atoms with van der Waals surface area (Å²) in [5, 5.41) is 10.4. The molecule has 3 nitrogen and oxygen atoms in total. The van der Waals surface area contributed by atoms with E-state index >= 15 is 0 Å². The average molecular weight is 228 g/mol. The van der Waals surface area contributed by atoms with Gasteiger partial charge in [0.2, 0.25) is 0 Å². The SMILES string of the molecule is N[C@H](c1ccccc1)[C@@](N)(O)c1ccccc1. The van der Waals surface area contributed by atoms with Crippen LogP contribution in [0.4, 0.5) is 0 Å². The first kappa shape index (κ1) is 11.8. The Balaban J connectivity index is 2.33. The zero-order valence-electron chi connectivity index (χ0n) is 9.45. The summed E-state index contributed by atoms with van der Waals surface area (Å²) in [6.45, 7) is 0. The predicted molar refractivity (Wildman–Crippen MR) is 67.9 cm³/mol. The van der Waals surface area contributed by atoms with Gasteiger partial charge in [-0.15, -0.1) is 0 Å². The molecule has 0 aliphatic heterocycles. The van der Waals surface area contributed by atoms with Gasteiger partial charge in [0.1, 0.15) is 0 Å². The number of nitrogens with two attached hydrogens (primary N) is 2. The normalized spacial score (nSPS) is 16.2. The molecule has 88 valence electrons. The van der Waals surface area contributed by atoms with Crippen LogP contribution in [0, 0.1) is 0 Å². The molecule has 0 aromatic heterocycles. The van der Waals surface area contributed by atoms with E-state index in [-0.39, 0.29) is 0 Å². The number of hydrogen-bond acceptors (Lipinski definition) is 3. The van der Waals surface area contributed by atoms with Gasteiger partial charge in [-0.25, -0.2) is 0 Å². The van der Waals surface area contributed by atoms with Gasteiger partial charge >= 0.3 is 0 Å². The summed E-state index contributed by atoms with van der Waals surface area (Å²) in [4.78, 5) is 0. The highest BCUT2D eigenvalue weighted by molar-refractivity contribution is 5.29. The molecule has 0 aliphatic rings. The molecule has 0 spiro atoms. The van der Waals surface area contributed by atoms with Crippen molar-refractivity contribution in [2.75, 3.05) is 0 Å². The molecule has 2 atom stereocenters. The lowest BCUT2D eigenvalue weighted by atomic mass is 9.91. The number of benzene rings is 2. The fraction of sp³-hybridized carbons (Fsp3) is 0.143. The molecule has 2 aromatic carbocycles. The maximum Gasteiger partial charge on any atom is 0.159 e. The van der Waals surface area contributed by atoms with Crippen LogP contribution in [0.2, 0.25) is 0 Å². The molecule has 0 heterocycles. The smallest absolute Gasteiger partial charge is 0.159 e. The fourth-order valence-electron chi connectivity index (χ4n) is 1.80. The van der Waals surface area contributed by atoms with Crippen LogP contribution in [0.3, 0.4) is 0 Å². The third-order valence-corrected chi connectivity index (χ3v) is 2.87. The van der Waals surface area contributed by atoms with Crippen molar-refractivity contribution >= 4 is 0 Å². The van der Waals surface area contributed by atoms with Gasteiger partial charge in [0.15, 0.2) is 5.72 Å². The molecule has 0 saturated carbocycles. The Kier molecular flexibility index (Phi) is 3.24. The predicted octanol–water partition coefficient (Wildman–Crippen LogP) is 1.49. The minimum atomic E-state index is -1.57. The highest BCUT2D eigenvalue weighted by atomic mass is 16.3. The largest absolute Gasteiger partial charge is 0.370 e. The van der Waals surface area contributed by atoms with E-state index in [1.165, 1.54) is 0 Å². The van der Waals surface area contributed by atoms with E-state index < -0.39 is 11.8 Å². The van der Waals surface area contributed by atoms with Crippen molar-refractivity contribution in [3.63, 3.8) is 0 Å². The number of aliphatic hydroxyl groups is 1. The van der Waals surface area contributed by atoms with Crippen molar-refractivity contribution in [3.05, 3.63) is 71.8 Å². The second kappa shape index (κ2) is 4.67. The van der Waals surface area contributed by atoms with Gasteiger partial charge < -0.3 is 10.8 Å². The van der Waals surface area contributed by atoms with Gasteiger partial charge in [-0.3, -0.25) is 5.73 Å². The van der Waals surface area contributed by atoms with Crippen LogP contribution >= 0.6 is 0 Å². The van der Waals surface area contributed by atoms with E-state index in [1.807, 2.05) is 48.5 Å². The van der Waals surface area contributed by atoms with E-state index in [0.29, 0.717) is 5.56 Å². The standard InChI is InChI=1S/C14H16N2O/c15-13(11-7-3-1-4-8-11)14(16,17)12-9-5-2-6-10-12/h1-10,13,17H,15-16H2/t13-,14+/m1/s1. The summed E-state index contributed by atoms with van der Waals surface area (Å²) in [5.74, 6) is 0. The van der Waals surface area contributed by atoms with Crippen LogP contribution in [-0.4, -0.2) is 5.11 Å². The molecule has 2 rings (SSSR count). The molecular weight excluding hydrogens is 212 g/mol. The Morgan fingerprint density at radius 1 is 0.882 bits per heavy atom. The first-order chi connectivity index (χ1) is 8.12. The van der Waals surface area contributed by atoms with Gasteiger partial charge in [-0.1, -0.05) is 60.7 Å². The van der Waals surface area contributed by atoms with Crippen molar-refractivity contribution in [2.45, 2.75) is 11.8 Å². The maximum absolute atomic E-state index is 10.4. The molecule has 0 bridgehead atoms. The molecule has 5 N–H and O–H groups in total. The van der Waals surface area contributed by atoms with Crippen molar-refractivity contribution < 1.29 is 5.11 Å². The minimum Gasteiger partial charge on any atom is -0.370 e. The van der Waals surface area contributed by atoms with E-state index in [4.69, 9.17) is 11.5 Å². The minimum absolute atomic E-state index is 0.608. The average Bonchev–Trinajstić information content (AvgIpc) is 2.40. The summed E-state index contributed by atoms with van der Waals surface area (Å²) in [5.41, 5.74) is 11.8. The monoisotopic (exact) mass is 228 g/mol. The third-order valence-electron chi connectivity index (χ3n) is 2.87. The Morgan fingerprint density at radius 3 is 1.88 bits per heavy atom. The molecule has 0 saturated heterocycles. The van der Waals surface area contributed by atoms with Gasteiger partial charge in [-0.05, 0) is 5.56 Å². The first-order valence-electron chi connectivity index (χ1n) is 5.49. The lowest BCUT2D eigenvalue weighted by Crippen LogP contribution is -2.46. The van der Waals surface area contributed by atoms with E-state index in [1.54, 1.807) is 12.1 Å². The van der Waals surface area contributed by atoms with E-state index in [9.17, 15) is 5.11 Å². The Labute approximate surface area is 101 Å².